The van der Waals surface area contributed by atoms with E-state index in [1.54, 1.807) is 0 Å². The predicted octanol–water partition coefficient (Wildman–Crippen LogP) is 0.903. The first kappa shape index (κ1) is 9.57. The first-order valence-electron chi connectivity index (χ1n) is 4.56. The van der Waals surface area contributed by atoms with Crippen LogP contribution >= 0.6 is 0 Å². The Morgan fingerprint density at radius 3 is 3.00 bits per heavy atom. The van der Waals surface area contributed by atoms with Crippen LogP contribution in [0.5, 0.6) is 0 Å². The molecule has 0 aromatic rings. The summed E-state index contributed by atoms with van der Waals surface area (Å²) >= 11 is 0. The molecular weight excluding hydrogens is 150 g/mol. The minimum absolute atomic E-state index is 0.242. The lowest BCUT2D eigenvalue weighted by Crippen LogP contribution is -2.45. The smallest absolute Gasteiger partial charge is 0.0781 e. The van der Waals surface area contributed by atoms with Crippen molar-refractivity contribution in [3.63, 3.8) is 0 Å². The third-order valence-electron chi connectivity index (χ3n) is 2.59. The van der Waals surface area contributed by atoms with Gasteiger partial charge in [-0.2, -0.15) is 0 Å². The van der Waals surface area contributed by atoms with E-state index < -0.39 is 5.60 Å². The first-order valence-corrected chi connectivity index (χ1v) is 4.56. The summed E-state index contributed by atoms with van der Waals surface area (Å²) in [5, 5.41) is 13.3. The van der Waals surface area contributed by atoms with Gasteiger partial charge in [0.1, 0.15) is 0 Å². The van der Waals surface area contributed by atoms with Gasteiger partial charge in [-0.1, -0.05) is 0 Å². The van der Waals surface area contributed by atoms with Gasteiger partial charge in [-0.25, -0.2) is 0 Å². The largest absolute Gasteiger partial charge is 0.389 e. The molecule has 0 radical (unpaired) electrons. The van der Waals surface area contributed by atoms with Gasteiger partial charge in [0.2, 0.25) is 0 Å². The first-order chi connectivity index (χ1) is 5.67. The van der Waals surface area contributed by atoms with E-state index in [4.69, 9.17) is 6.42 Å². The van der Waals surface area contributed by atoms with Crippen LogP contribution in [0.25, 0.3) is 0 Å². The molecule has 2 unspecified atom stereocenters. The number of hydrogen-bond acceptors (Lipinski definition) is 2. The van der Waals surface area contributed by atoms with Gasteiger partial charge in [-0.3, -0.25) is 0 Å². The fraction of sp³-hybridized carbons (Fsp3) is 0.800. The maximum Gasteiger partial charge on any atom is 0.0781 e. The summed E-state index contributed by atoms with van der Waals surface area (Å²) in [5.74, 6) is 2.56. The van der Waals surface area contributed by atoms with E-state index in [0.29, 0.717) is 12.8 Å². The summed E-state index contributed by atoms with van der Waals surface area (Å²) in [7, 11) is 0. The molecule has 1 saturated heterocycles. The van der Waals surface area contributed by atoms with E-state index in [2.05, 4.69) is 11.2 Å². The summed E-state index contributed by atoms with van der Waals surface area (Å²) < 4.78 is 0. The molecule has 2 nitrogen and oxygen atoms in total. The zero-order valence-electron chi connectivity index (χ0n) is 7.64. The quantitative estimate of drug-likeness (QED) is 0.612. The van der Waals surface area contributed by atoms with Crippen LogP contribution in [-0.2, 0) is 0 Å². The third kappa shape index (κ3) is 2.23. The highest BCUT2D eigenvalue weighted by molar-refractivity contribution is 4.95. The summed E-state index contributed by atoms with van der Waals surface area (Å²) in [6, 6.07) is 0.242. The second-order valence-corrected chi connectivity index (χ2v) is 3.71. The normalized spacial score (nSPS) is 27.9. The number of nitrogens with one attached hydrogen (secondary N) is 1. The lowest BCUT2D eigenvalue weighted by Gasteiger charge is -2.29. The van der Waals surface area contributed by atoms with E-state index >= 15 is 0 Å². The highest BCUT2D eigenvalue weighted by atomic mass is 16.3. The van der Waals surface area contributed by atoms with Crippen LogP contribution in [0, 0.1) is 12.3 Å². The van der Waals surface area contributed by atoms with Crippen LogP contribution in [0.4, 0.5) is 0 Å². The average Bonchev–Trinajstić information content (AvgIpc) is 2.53. The van der Waals surface area contributed by atoms with Crippen molar-refractivity contribution in [1.82, 2.24) is 5.32 Å². The molecule has 2 heteroatoms. The lowest BCUT2D eigenvalue weighted by atomic mass is 9.90. The number of terminal acetylenes is 1. The Morgan fingerprint density at radius 1 is 1.75 bits per heavy atom. The van der Waals surface area contributed by atoms with Crippen molar-refractivity contribution < 1.29 is 5.11 Å². The fourth-order valence-electron chi connectivity index (χ4n) is 1.71. The summed E-state index contributed by atoms with van der Waals surface area (Å²) in [4.78, 5) is 0. The molecule has 12 heavy (non-hydrogen) atoms. The fourth-order valence-corrected chi connectivity index (χ4v) is 1.71. The molecule has 0 aromatic carbocycles. The number of rotatable bonds is 3. The van der Waals surface area contributed by atoms with E-state index in [-0.39, 0.29) is 6.04 Å². The Morgan fingerprint density at radius 2 is 2.50 bits per heavy atom. The van der Waals surface area contributed by atoms with Gasteiger partial charge in [0.25, 0.3) is 0 Å². The minimum atomic E-state index is -0.622. The Kier molecular flexibility index (Phi) is 3.13. The predicted molar refractivity (Wildman–Crippen MR) is 49.7 cm³/mol. The maximum absolute atomic E-state index is 9.99. The molecule has 0 aliphatic carbocycles. The molecule has 2 atom stereocenters. The van der Waals surface area contributed by atoms with Crippen LogP contribution < -0.4 is 5.32 Å². The molecule has 1 aliphatic rings. The standard InChI is InChI=1S/C10H17NO/c1-3-4-7-10(2,12)9-6-5-8-11-9/h1,9,11-12H,4-8H2,2H3. The Hall–Kier alpha value is -0.520. The van der Waals surface area contributed by atoms with Crippen LogP contribution in [0.2, 0.25) is 0 Å². The number of hydrogen-bond donors (Lipinski definition) is 2. The van der Waals surface area contributed by atoms with Gasteiger partial charge < -0.3 is 10.4 Å². The molecule has 68 valence electrons. The molecule has 0 spiro atoms. The lowest BCUT2D eigenvalue weighted by molar-refractivity contribution is 0.0190. The van der Waals surface area contributed by atoms with Crippen LogP contribution in [0.3, 0.4) is 0 Å². The molecule has 0 saturated carbocycles. The highest BCUT2D eigenvalue weighted by Crippen LogP contribution is 2.23. The molecule has 2 N–H and O–H groups in total. The summed E-state index contributed by atoms with van der Waals surface area (Å²) in [6.45, 7) is 2.89. The monoisotopic (exact) mass is 167 g/mol. The van der Waals surface area contributed by atoms with Gasteiger partial charge in [-0.15, -0.1) is 12.3 Å². The zero-order chi connectivity index (χ0) is 9.03. The Bertz CT molecular complexity index is 175. The van der Waals surface area contributed by atoms with Crippen LogP contribution in [0.1, 0.15) is 32.6 Å². The molecule has 1 aliphatic heterocycles. The van der Waals surface area contributed by atoms with E-state index in [1.807, 2.05) is 6.92 Å². The molecule has 1 fully saturated rings. The molecule has 1 rings (SSSR count). The summed E-state index contributed by atoms with van der Waals surface area (Å²) in [5.41, 5.74) is -0.622. The van der Waals surface area contributed by atoms with Crippen molar-refractivity contribution in [2.24, 2.45) is 0 Å². The van der Waals surface area contributed by atoms with E-state index in [0.717, 1.165) is 19.4 Å². The SMILES string of the molecule is C#CCCC(C)(O)C1CCCN1. The maximum atomic E-state index is 9.99. The number of aliphatic hydroxyl groups is 1. The Labute approximate surface area is 74.4 Å². The molecule has 1 heterocycles. The van der Waals surface area contributed by atoms with Crippen molar-refractivity contribution in [1.29, 1.82) is 0 Å². The second-order valence-electron chi connectivity index (χ2n) is 3.71. The van der Waals surface area contributed by atoms with Gasteiger partial charge in [0.15, 0.2) is 0 Å². The van der Waals surface area contributed by atoms with Crippen LogP contribution in [0.15, 0.2) is 0 Å². The minimum Gasteiger partial charge on any atom is -0.389 e. The van der Waals surface area contributed by atoms with Crippen molar-refractivity contribution in [3.05, 3.63) is 0 Å². The van der Waals surface area contributed by atoms with Gasteiger partial charge >= 0.3 is 0 Å². The molecular formula is C10H17NO. The van der Waals surface area contributed by atoms with E-state index in [9.17, 15) is 5.11 Å². The highest BCUT2D eigenvalue weighted by Gasteiger charge is 2.32. The molecule has 0 aromatic heterocycles. The van der Waals surface area contributed by atoms with Gasteiger partial charge in [-0.05, 0) is 32.7 Å². The van der Waals surface area contributed by atoms with Crippen molar-refractivity contribution >= 4 is 0 Å². The Balaban J connectivity index is 2.40. The van der Waals surface area contributed by atoms with Crippen molar-refractivity contribution in [2.75, 3.05) is 6.54 Å². The third-order valence-corrected chi connectivity index (χ3v) is 2.59. The zero-order valence-corrected chi connectivity index (χ0v) is 7.64. The molecule has 0 bridgehead atoms. The van der Waals surface area contributed by atoms with Crippen LogP contribution in [-0.4, -0.2) is 23.3 Å². The van der Waals surface area contributed by atoms with Crippen molar-refractivity contribution in [2.45, 2.75) is 44.2 Å². The van der Waals surface area contributed by atoms with Gasteiger partial charge in [0.05, 0.1) is 5.60 Å². The summed E-state index contributed by atoms with van der Waals surface area (Å²) in [6.07, 6.45) is 8.74. The van der Waals surface area contributed by atoms with Crippen molar-refractivity contribution in [3.8, 4) is 12.3 Å². The molecule has 0 amide bonds. The average molecular weight is 167 g/mol. The van der Waals surface area contributed by atoms with E-state index in [1.165, 1.54) is 0 Å². The topological polar surface area (TPSA) is 32.3 Å². The second kappa shape index (κ2) is 3.93. The van der Waals surface area contributed by atoms with Gasteiger partial charge in [0, 0.05) is 12.5 Å².